The fourth-order valence-electron chi connectivity index (χ4n) is 3.05. The lowest BCUT2D eigenvalue weighted by Crippen LogP contribution is -2.36. The van der Waals surface area contributed by atoms with E-state index < -0.39 is 6.10 Å². The van der Waals surface area contributed by atoms with Gasteiger partial charge in [0.1, 0.15) is 0 Å². The van der Waals surface area contributed by atoms with Crippen LogP contribution in [0.2, 0.25) is 0 Å². The summed E-state index contributed by atoms with van der Waals surface area (Å²) < 4.78 is 0. The van der Waals surface area contributed by atoms with Gasteiger partial charge >= 0.3 is 0 Å². The van der Waals surface area contributed by atoms with Gasteiger partial charge in [-0.2, -0.15) is 0 Å². The van der Waals surface area contributed by atoms with Gasteiger partial charge in [0, 0.05) is 45.1 Å². The molecule has 0 spiro atoms. The van der Waals surface area contributed by atoms with E-state index in [2.05, 4.69) is 9.88 Å². The SMILES string of the molecule is O=C(c1cccnc1)N1CCCN(CC(O)c2ccccc2)CC1. The number of aromatic nitrogens is 1. The van der Waals surface area contributed by atoms with Gasteiger partial charge in [0.2, 0.25) is 0 Å². The van der Waals surface area contributed by atoms with Gasteiger partial charge in [0.15, 0.2) is 0 Å². The molecule has 1 atom stereocenters. The number of hydrogen-bond acceptors (Lipinski definition) is 4. The third-order valence-corrected chi connectivity index (χ3v) is 4.40. The molecule has 5 heteroatoms. The fraction of sp³-hybridized carbons (Fsp3) is 0.368. The van der Waals surface area contributed by atoms with Gasteiger partial charge < -0.3 is 10.0 Å². The Bertz CT molecular complexity index is 648. The Labute approximate surface area is 142 Å². The van der Waals surface area contributed by atoms with Crippen molar-refractivity contribution in [1.29, 1.82) is 0 Å². The maximum atomic E-state index is 12.5. The van der Waals surface area contributed by atoms with E-state index in [1.54, 1.807) is 24.5 Å². The van der Waals surface area contributed by atoms with Crippen LogP contribution in [0.4, 0.5) is 0 Å². The standard InChI is InChI=1S/C19H23N3O2/c23-18(16-6-2-1-3-7-16)15-21-10-5-11-22(13-12-21)19(24)17-8-4-9-20-14-17/h1-4,6-9,14,18,23H,5,10-13,15H2. The Morgan fingerprint density at radius 1 is 1.08 bits per heavy atom. The number of amides is 1. The van der Waals surface area contributed by atoms with Crippen molar-refractivity contribution >= 4 is 5.91 Å². The van der Waals surface area contributed by atoms with Crippen LogP contribution in [0.25, 0.3) is 0 Å². The average molecular weight is 325 g/mol. The Kier molecular flexibility index (Phi) is 5.56. The van der Waals surface area contributed by atoms with Crippen LogP contribution in [-0.2, 0) is 0 Å². The van der Waals surface area contributed by atoms with Crippen LogP contribution < -0.4 is 0 Å². The molecule has 1 saturated heterocycles. The molecule has 2 aromatic rings. The van der Waals surface area contributed by atoms with E-state index in [1.807, 2.05) is 35.2 Å². The second kappa shape index (κ2) is 8.04. The number of pyridine rings is 1. The topological polar surface area (TPSA) is 56.7 Å². The molecule has 24 heavy (non-hydrogen) atoms. The zero-order chi connectivity index (χ0) is 16.8. The highest BCUT2D eigenvalue weighted by Crippen LogP contribution is 2.15. The van der Waals surface area contributed by atoms with Crippen LogP contribution in [0.3, 0.4) is 0 Å². The molecular weight excluding hydrogens is 302 g/mol. The summed E-state index contributed by atoms with van der Waals surface area (Å²) >= 11 is 0. The highest BCUT2D eigenvalue weighted by Gasteiger charge is 2.22. The van der Waals surface area contributed by atoms with Crippen LogP contribution in [0, 0.1) is 0 Å². The van der Waals surface area contributed by atoms with E-state index in [9.17, 15) is 9.90 Å². The predicted octanol–water partition coefficient (Wildman–Crippen LogP) is 1.96. The van der Waals surface area contributed by atoms with Gasteiger partial charge in [-0.3, -0.25) is 14.7 Å². The fourth-order valence-corrected chi connectivity index (χ4v) is 3.05. The van der Waals surface area contributed by atoms with Crippen LogP contribution in [0.5, 0.6) is 0 Å². The number of nitrogens with zero attached hydrogens (tertiary/aromatic N) is 3. The largest absolute Gasteiger partial charge is 0.387 e. The summed E-state index contributed by atoms with van der Waals surface area (Å²) in [4.78, 5) is 20.7. The molecule has 1 N–H and O–H groups in total. The molecule has 126 valence electrons. The summed E-state index contributed by atoms with van der Waals surface area (Å²) in [5.74, 6) is 0.0357. The van der Waals surface area contributed by atoms with E-state index in [1.165, 1.54) is 0 Å². The van der Waals surface area contributed by atoms with Crippen molar-refractivity contribution in [2.24, 2.45) is 0 Å². The average Bonchev–Trinajstić information content (AvgIpc) is 2.88. The molecule has 0 bridgehead atoms. The summed E-state index contributed by atoms with van der Waals surface area (Å²) in [6.07, 6.45) is 3.70. The van der Waals surface area contributed by atoms with Gasteiger partial charge in [0.25, 0.3) is 5.91 Å². The summed E-state index contributed by atoms with van der Waals surface area (Å²) in [6, 6.07) is 13.3. The van der Waals surface area contributed by atoms with Crippen LogP contribution in [0.15, 0.2) is 54.9 Å². The number of hydrogen-bond donors (Lipinski definition) is 1. The van der Waals surface area contributed by atoms with Crippen molar-refractivity contribution < 1.29 is 9.90 Å². The maximum Gasteiger partial charge on any atom is 0.255 e. The molecule has 1 amide bonds. The van der Waals surface area contributed by atoms with Gasteiger partial charge in [-0.15, -0.1) is 0 Å². The Balaban J connectivity index is 1.56. The Morgan fingerprint density at radius 3 is 2.67 bits per heavy atom. The van der Waals surface area contributed by atoms with Crippen LogP contribution >= 0.6 is 0 Å². The third-order valence-electron chi connectivity index (χ3n) is 4.40. The quantitative estimate of drug-likeness (QED) is 0.934. The zero-order valence-corrected chi connectivity index (χ0v) is 13.7. The van der Waals surface area contributed by atoms with Crippen molar-refractivity contribution in [1.82, 2.24) is 14.8 Å². The number of aliphatic hydroxyl groups is 1. The molecule has 3 rings (SSSR count). The summed E-state index contributed by atoms with van der Waals surface area (Å²) in [5, 5.41) is 10.4. The molecule has 2 heterocycles. The molecule has 1 aliphatic heterocycles. The highest BCUT2D eigenvalue weighted by molar-refractivity contribution is 5.93. The lowest BCUT2D eigenvalue weighted by atomic mass is 10.1. The number of β-amino-alcohol motifs (C(OH)–C–C–N with tert-alkyl or cyclic N) is 1. The predicted molar refractivity (Wildman–Crippen MR) is 92.6 cm³/mol. The third kappa shape index (κ3) is 4.19. The van der Waals surface area contributed by atoms with Gasteiger partial charge in [-0.05, 0) is 24.1 Å². The Morgan fingerprint density at radius 2 is 1.92 bits per heavy atom. The molecule has 1 aromatic heterocycles. The first-order chi connectivity index (χ1) is 11.7. The monoisotopic (exact) mass is 325 g/mol. The minimum absolute atomic E-state index is 0.0357. The first kappa shape index (κ1) is 16.6. The number of benzene rings is 1. The molecule has 0 saturated carbocycles. The molecular formula is C19H23N3O2. The lowest BCUT2D eigenvalue weighted by molar-refractivity contribution is 0.0754. The van der Waals surface area contributed by atoms with Crippen molar-refractivity contribution in [2.75, 3.05) is 32.7 Å². The van der Waals surface area contributed by atoms with Gasteiger partial charge in [-0.1, -0.05) is 30.3 Å². The summed E-state index contributed by atoms with van der Waals surface area (Å²) in [7, 11) is 0. The second-order valence-corrected chi connectivity index (χ2v) is 6.11. The maximum absolute atomic E-state index is 12.5. The van der Waals surface area contributed by atoms with E-state index in [0.717, 1.165) is 31.6 Å². The molecule has 0 radical (unpaired) electrons. The van der Waals surface area contributed by atoms with Crippen LogP contribution in [-0.4, -0.2) is 58.5 Å². The number of aliphatic hydroxyl groups excluding tert-OH is 1. The van der Waals surface area contributed by atoms with E-state index in [-0.39, 0.29) is 5.91 Å². The smallest absolute Gasteiger partial charge is 0.255 e. The second-order valence-electron chi connectivity index (χ2n) is 6.11. The lowest BCUT2D eigenvalue weighted by Gasteiger charge is -2.24. The minimum atomic E-state index is -0.494. The van der Waals surface area contributed by atoms with Crippen molar-refractivity contribution in [3.63, 3.8) is 0 Å². The van der Waals surface area contributed by atoms with Gasteiger partial charge in [-0.25, -0.2) is 0 Å². The molecule has 1 fully saturated rings. The minimum Gasteiger partial charge on any atom is -0.387 e. The molecule has 1 aromatic carbocycles. The van der Waals surface area contributed by atoms with E-state index >= 15 is 0 Å². The van der Waals surface area contributed by atoms with Gasteiger partial charge in [0.05, 0.1) is 11.7 Å². The summed E-state index contributed by atoms with van der Waals surface area (Å²) in [6.45, 7) is 3.68. The molecule has 5 nitrogen and oxygen atoms in total. The number of carbonyl (C=O) groups is 1. The van der Waals surface area contributed by atoms with Crippen LogP contribution in [0.1, 0.15) is 28.4 Å². The van der Waals surface area contributed by atoms with Crippen molar-refractivity contribution in [3.05, 3.63) is 66.0 Å². The highest BCUT2D eigenvalue weighted by atomic mass is 16.3. The molecule has 1 aliphatic rings. The number of carbonyl (C=O) groups excluding carboxylic acids is 1. The van der Waals surface area contributed by atoms with Crippen molar-refractivity contribution in [3.8, 4) is 0 Å². The van der Waals surface area contributed by atoms with E-state index in [0.29, 0.717) is 18.7 Å². The van der Waals surface area contributed by atoms with Crippen molar-refractivity contribution in [2.45, 2.75) is 12.5 Å². The molecule has 0 aliphatic carbocycles. The summed E-state index contributed by atoms with van der Waals surface area (Å²) in [5.41, 5.74) is 1.57. The first-order valence-corrected chi connectivity index (χ1v) is 8.39. The first-order valence-electron chi connectivity index (χ1n) is 8.39. The normalized spacial score (nSPS) is 17.3. The zero-order valence-electron chi connectivity index (χ0n) is 13.7. The Hall–Kier alpha value is -2.24. The molecule has 1 unspecified atom stereocenters. The number of rotatable bonds is 4. The van der Waals surface area contributed by atoms with E-state index in [4.69, 9.17) is 0 Å².